The zero-order valence-corrected chi connectivity index (χ0v) is 12.5. The van der Waals surface area contributed by atoms with Gasteiger partial charge in [0, 0.05) is 5.69 Å². The van der Waals surface area contributed by atoms with Gasteiger partial charge in [-0.25, -0.2) is 9.18 Å². The van der Waals surface area contributed by atoms with Gasteiger partial charge in [0.1, 0.15) is 5.82 Å². The minimum Gasteiger partial charge on any atom is -0.291 e. The molecule has 0 saturated heterocycles. The number of nitrogens with zero attached hydrogens (tertiary/aromatic N) is 3. The predicted molar refractivity (Wildman–Crippen MR) is 75.9 cm³/mol. The summed E-state index contributed by atoms with van der Waals surface area (Å²) in [5.74, 6) is -0.441. The lowest BCUT2D eigenvalue weighted by Crippen LogP contribution is -2.27. The summed E-state index contributed by atoms with van der Waals surface area (Å²) in [6.45, 7) is 3.61. The summed E-state index contributed by atoms with van der Waals surface area (Å²) < 4.78 is 15.4. The van der Waals surface area contributed by atoms with Crippen LogP contribution in [0, 0.1) is 31.0 Å². The van der Waals surface area contributed by atoms with Gasteiger partial charge in [-0.1, -0.05) is 0 Å². The fourth-order valence-electron chi connectivity index (χ4n) is 1.94. The second-order valence-corrected chi connectivity index (χ2v) is 5.17. The van der Waals surface area contributed by atoms with E-state index in [1.54, 1.807) is 13.8 Å². The summed E-state index contributed by atoms with van der Waals surface area (Å²) in [7, 11) is 0. The molecular formula is C14H11BrFN3O. The summed E-state index contributed by atoms with van der Waals surface area (Å²) in [4.78, 5) is 15.8. The molecule has 1 aromatic heterocycles. The quantitative estimate of drug-likeness (QED) is 0.847. The molecular weight excluding hydrogens is 325 g/mol. The van der Waals surface area contributed by atoms with Crippen molar-refractivity contribution in [3.8, 4) is 6.07 Å². The number of hydrogen-bond donors (Lipinski definition) is 0. The van der Waals surface area contributed by atoms with E-state index >= 15 is 0 Å². The van der Waals surface area contributed by atoms with Gasteiger partial charge >= 0.3 is 5.69 Å². The Balaban J connectivity index is 2.57. The van der Waals surface area contributed by atoms with Gasteiger partial charge in [0.2, 0.25) is 0 Å². The average molecular weight is 336 g/mol. The molecule has 0 atom stereocenters. The van der Waals surface area contributed by atoms with Crippen LogP contribution in [0.1, 0.15) is 22.5 Å². The van der Waals surface area contributed by atoms with Gasteiger partial charge in [0.15, 0.2) is 0 Å². The van der Waals surface area contributed by atoms with E-state index in [1.165, 1.54) is 22.8 Å². The van der Waals surface area contributed by atoms with E-state index in [0.29, 0.717) is 22.5 Å². The average Bonchev–Trinajstić information content (AvgIpc) is 2.41. The molecule has 1 heterocycles. The molecule has 20 heavy (non-hydrogen) atoms. The summed E-state index contributed by atoms with van der Waals surface area (Å²) in [6, 6.07) is 5.88. The van der Waals surface area contributed by atoms with Gasteiger partial charge in [-0.05, 0) is 53.5 Å². The zero-order chi connectivity index (χ0) is 14.9. The summed E-state index contributed by atoms with van der Waals surface area (Å²) in [5, 5.41) is 9.04. The number of nitriles is 1. The molecule has 0 radical (unpaired) electrons. The number of halogens is 2. The second-order valence-electron chi connectivity index (χ2n) is 4.38. The van der Waals surface area contributed by atoms with Crippen molar-refractivity contribution < 1.29 is 4.39 Å². The van der Waals surface area contributed by atoms with Crippen molar-refractivity contribution in [1.82, 2.24) is 9.55 Å². The SMILES string of the molecule is Cc1nc(=O)n(Cc2cc(F)ccc2C#N)c(C)c1Br. The van der Waals surface area contributed by atoms with Gasteiger partial charge in [-0.2, -0.15) is 10.2 Å². The van der Waals surface area contributed by atoms with Crippen LogP contribution in [0.15, 0.2) is 27.5 Å². The minimum atomic E-state index is -0.441. The Morgan fingerprint density at radius 1 is 1.45 bits per heavy atom. The first kappa shape index (κ1) is 14.4. The standard InChI is InChI=1S/C14H11BrFN3O/c1-8-13(15)9(2)19(14(20)18-8)7-11-5-12(16)4-3-10(11)6-17/h3-5H,7H2,1-2H3. The van der Waals surface area contributed by atoms with E-state index < -0.39 is 11.5 Å². The lowest BCUT2D eigenvalue weighted by atomic mass is 10.1. The first-order valence-electron chi connectivity index (χ1n) is 5.86. The van der Waals surface area contributed by atoms with E-state index in [-0.39, 0.29) is 6.54 Å². The third-order valence-electron chi connectivity index (χ3n) is 3.05. The molecule has 0 N–H and O–H groups in total. The van der Waals surface area contributed by atoms with Crippen molar-refractivity contribution >= 4 is 15.9 Å². The predicted octanol–water partition coefficient (Wildman–Crippen LogP) is 2.68. The molecule has 0 amide bonds. The molecule has 0 spiro atoms. The minimum absolute atomic E-state index is 0.108. The normalized spacial score (nSPS) is 10.3. The highest BCUT2D eigenvalue weighted by atomic mass is 79.9. The lowest BCUT2D eigenvalue weighted by Gasteiger charge is -2.13. The third kappa shape index (κ3) is 2.63. The molecule has 0 fully saturated rings. The molecule has 0 unspecified atom stereocenters. The maximum Gasteiger partial charge on any atom is 0.348 e. The van der Waals surface area contributed by atoms with Crippen LogP contribution < -0.4 is 5.69 Å². The molecule has 0 aliphatic heterocycles. The molecule has 1 aromatic carbocycles. The maximum atomic E-state index is 13.3. The van der Waals surface area contributed by atoms with Crippen LogP contribution in [0.2, 0.25) is 0 Å². The van der Waals surface area contributed by atoms with E-state index in [2.05, 4.69) is 20.9 Å². The molecule has 0 saturated carbocycles. The summed E-state index contributed by atoms with van der Waals surface area (Å²) in [5.41, 5.74) is 1.67. The Bertz CT molecular complexity index is 777. The van der Waals surface area contributed by atoms with Gasteiger partial charge in [-0.3, -0.25) is 4.57 Å². The molecule has 4 nitrogen and oxygen atoms in total. The van der Waals surface area contributed by atoms with Crippen LogP contribution in [0.25, 0.3) is 0 Å². The van der Waals surface area contributed by atoms with Gasteiger partial charge in [0.05, 0.1) is 28.3 Å². The third-order valence-corrected chi connectivity index (χ3v) is 4.20. The molecule has 6 heteroatoms. The van der Waals surface area contributed by atoms with Crippen LogP contribution in [-0.2, 0) is 6.54 Å². The summed E-state index contributed by atoms with van der Waals surface area (Å²) >= 11 is 3.37. The topological polar surface area (TPSA) is 58.7 Å². The summed E-state index contributed by atoms with van der Waals surface area (Å²) in [6.07, 6.45) is 0. The Kier molecular flexibility index (Phi) is 4.00. The number of aryl methyl sites for hydroxylation is 1. The van der Waals surface area contributed by atoms with E-state index in [9.17, 15) is 9.18 Å². The Hall–Kier alpha value is -2.00. The molecule has 102 valence electrons. The highest BCUT2D eigenvalue weighted by molar-refractivity contribution is 9.10. The lowest BCUT2D eigenvalue weighted by molar-refractivity contribution is 0.619. The Morgan fingerprint density at radius 2 is 2.15 bits per heavy atom. The fourth-order valence-corrected chi connectivity index (χ4v) is 2.24. The Labute approximate surface area is 123 Å². The maximum absolute atomic E-state index is 13.3. The van der Waals surface area contributed by atoms with E-state index in [0.717, 1.165) is 4.47 Å². The van der Waals surface area contributed by atoms with Crippen LogP contribution >= 0.6 is 15.9 Å². The highest BCUT2D eigenvalue weighted by Crippen LogP contribution is 2.18. The first-order valence-corrected chi connectivity index (χ1v) is 6.65. The molecule has 2 rings (SSSR count). The van der Waals surface area contributed by atoms with Crippen molar-refractivity contribution in [2.45, 2.75) is 20.4 Å². The van der Waals surface area contributed by atoms with Gasteiger partial charge < -0.3 is 0 Å². The molecule has 0 aliphatic carbocycles. The zero-order valence-electron chi connectivity index (χ0n) is 10.9. The molecule has 2 aromatic rings. The van der Waals surface area contributed by atoms with Crippen molar-refractivity contribution in [2.75, 3.05) is 0 Å². The van der Waals surface area contributed by atoms with Crippen LogP contribution in [-0.4, -0.2) is 9.55 Å². The van der Waals surface area contributed by atoms with E-state index in [4.69, 9.17) is 5.26 Å². The van der Waals surface area contributed by atoms with Gasteiger partial charge in [-0.15, -0.1) is 0 Å². The number of rotatable bonds is 2. The van der Waals surface area contributed by atoms with Crippen LogP contribution in [0.3, 0.4) is 0 Å². The number of aromatic nitrogens is 2. The number of hydrogen-bond acceptors (Lipinski definition) is 3. The Morgan fingerprint density at radius 3 is 2.80 bits per heavy atom. The fraction of sp³-hybridized carbons (Fsp3) is 0.214. The van der Waals surface area contributed by atoms with Crippen molar-refractivity contribution in [3.05, 3.63) is 61.5 Å². The van der Waals surface area contributed by atoms with Crippen molar-refractivity contribution in [2.24, 2.45) is 0 Å². The van der Waals surface area contributed by atoms with Crippen LogP contribution in [0.4, 0.5) is 4.39 Å². The van der Waals surface area contributed by atoms with Crippen molar-refractivity contribution in [1.29, 1.82) is 5.26 Å². The monoisotopic (exact) mass is 335 g/mol. The van der Waals surface area contributed by atoms with Crippen molar-refractivity contribution in [3.63, 3.8) is 0 Å². The van der Waals surface area contributed by atoms with Crippen LogP contribution in [0.5, 0.6) is 0 Å². The molecule has 0 aliphatic rings. The van der Waals surface area contributed by atoms with E-state index in [1.807, 2.05) is 6.07 Å². The molecule has 0 bridgehead atoms. The largest absolute Gasteiger partial charge is 0.348 e. The van der Waals surface area contributed by atoms with Gasteiger partial charge in [0.25, 0.3) is 0 Å². The number of benzene rings is 1. The smallest absolute Gasteiger partial charge is 0.291 e. The second kappa shape index (κ2) is 5.55. The highest BCUT2D eigenvalue weighted by Gasteiger charge is 2.12. The first-order chi connectivity index (χ1) is 9.43.